The van der Waals surface area contributed by atoms with Gasteiger partial charge in [-0.15, -0.1) is 0 Å². The van der Waals surface area contributed by atoms with E-state index in [0.717, 1.165) is 16.8 Å². The fraction of sp³-hybridized carbons (Fsp3) is 0.0526. The van der Waals surface area contributed by atoms with Crippen molar-refractivity contribution in [3.63, 3.8) is 0 Å². The van der Waals surface area contributed by atoms with Gasteiger partial charge in [0.25, 0.3) is 11.8 Å². The number of aromatic carboxylic acids is 1. The van der Waals surface area contributed by atoms with Gasteiger partial charge < -0.3 is 9.84 Å². The third kappa shape index (κ3) is 4.21. The number of benzene rings is 2. The zero-order valence-corrected chi connectivity index (χ0v) is 16.2. The third-order valence-electron chi connectivity index (χ3n) is 3.81. The number of nitrogens with one attached hydrogen (secondary N) is 1. The Labute approximate surface area is 170 Å². The lowest BCUT2D eigenvalue weighted by Crippen LogP contribution is -2.44. The highest BCUT2D eigenvalue weighted by Gasteiger charge is 2.33. The number of nitrogens with zero attached hydrogens (tertiary/aromatic N) is 1. The van der Waals surface area contributed by atoms with E-state index in [2.05, 4.69) is 5.43 Å². The van der Waals surface area contributed by atoms with Crippen LogP contribution in [0.15, 0.2) is 53.4 Å². The van der Waals surface area contributed by atoms with Crippen molar-refractivity contribution in [2.45, 2.75) is 0 Å². The molecule has 2 aromatic rings. The van der Waals surface area contributed by atoms with Gasteiger partial charge in [-0.05, 0) is 60.3 Å². The van der Waals surface area contributed by atoms with Crippen molar-refractivity contribution in [3.8, 4) is 5.75 Å². The van der Waals surface area contributed by atoms with Crippen LogP contribution >= 0.6 is 24.0 Å². The Morgan fingerprint density at radius 3 is 2.29 bits per heavy atom. The summed E-state index contributed by atoms with van der Waals surface area (Å²) in [6.45, 7) is 0. The lowest BCUT2D eigenvalue weighted by atomic mass is 10.1. The van der Waals surface area contributed by atoms with E-state index in [-0.39, 0.29) is 9.88 Å². The maximum absolute atomic E-state index is 12.6. The average Bonchev–Trinajstić information content (AvgIpc) is 2.95. The van der Waals surface area contributed by atoms with Crippen molar-refractivity contribution in [2.24, 2.45) is 0 Å². The van der Waals surface area contributed by atoms with Crippen LogP contribution in [0.1, 0.15) is 26.3 Å². The molecule has 0 atom stereocenters. The smallest absolute Gasteiger partial charge is 0.335 e. The molecule has 3 rings (SSSR count). The first kappa shape index (κ1) is 19.6. The Morgan fingerprint density at radius 2 is 1.71 bits per heavy atom. The Morgan fingerprint density at radius 1 is 1.11 bits per heavy atom. The van der Waals surface area contributed by atoms with Crippen LogP contribution in [0, 0.1) is 0 Å². The van der Waals surface area contributed by atoms with Crippen LogP contribution in [0.5, 0.6) is 5.75 Å². The van der Waals surface area contributed by atoms with Crippen LogP contribution in [0.2, 0.25) is 0 Å². The van der Waals surface area contributed by atoms with Crippen LogP contribution < -0.4 is 10.2 Å². The summed E-state index contributed by atoms with van der Waals surface area (Å²) >= 11 is 6.24. The SMILES string of the molecule is COc1ccc(C(=O)NN2C(=O)/C(=C/c3ccc(C(=O)O)cc3)SC2=S)cc1. The van der Waals surface area contributed by atoms with Crippen LogP contribution in [0.4, 0.5) is 0 Å². The fourth-order valence-corrected chi connectivity index (χ4v) is 3.53. The Hall–Kier alpha value is -3.17. The van der Waals surface area contributed by atoms with Crippen LogP contribution in [-0.4, -0.2) is 39.3 Å². The third-order valence-corrected chi connectivity index (χ3v) is 5.12. The van der Waals surface area contributed by atoms with Crippen molar-refractivity contribution in [1.82, 2.24) is 10.4 Å². The van der Waals surface area contributed by atoms with E-state index in [9.17, 15) is 14.4 Å². The molecule has 1 saturated heterocycles. The number of thioether (sulfide) groups is 1. The standard InChI is InChI=1S/C19H14N2O5S2/c1-26-14-8-6-12(7-9-14)16(22)20-21-17(23)15(28-19(21)27)10-11-2-4-13(5-3-11)18(24)25/h2-10H,1H3,(H,20,22)(H,24,25)/b15-10-. The van der Waals surface area contributed by atoms with Crippen molar-refractivity contribution in [3.05, 3.63) is 70.1 Å². The van der Waals surface area contributed by atoms with E-state index in [1.54, 1.807) is 42.5 Å². The molecule has 0 radical (unpaired) electrons. The molecule has 1 fully saturated rings. The number of ether oxygens (including phenoxy) is 1. The number of hydrogen-bond donors (Lipinski definition) is 2. The minimum Gasteiger partial charge on any atom is -0.497 e. The van der Waals surface area contributed by atoms with Crippen molar-refractivity contribution < 1.29 is 24.2 Å². The zero-order chi connectivity index (χ0) is 20.3. The van der Waals surface area contributed by atoms with E-state index in [1.807, 2.05) is 0 Å². The summed E-state index contributed by atoms with van der Waals surface area (Å²) in [5.41, 5.74) is 3.64. The summed E-state index contributed by atoms with van der Waals surface area (Å²) in [5.74, 6) is -1.36. The number of carbonyl (C=O) groups excluding carboxylic acids is 2. The molecule has 0 saturated carbocycles. The Balaban J connectivity index is 1.73. The quantitative estimate of drug-likeness (QED) is 0.574. The van der Waals surface area contributed by atoms with Gasteiger partial charge in [0.15, 0.2) is 4.32 Å². The van der Waals surface area contributed by atoms with E-state index < -0.39 is 17.8 Å². The summed E-state index contributed by atoms with van der Waals surface area (Å²) < 4.78 is 5.24. The largest absolute Gasteiger partial charge is 0.497 e. The van der Waals surface area contributed by atoms with Gasteiger partial charge >= 0.3 is 5.97 Å². The highest BCUT2D eigenvalue weighted by molar-refractivity contribution is 8.26. The molecule has 0 unspecified atom stereocenters. The molecule has 1 aliphatic heterocycles. The average molecular weight is 414 g/mol. The monoisotopic (exact) mass is 414 g/mol. The summed E-state index contributed by atoms with van der Waals surface area (Å²) in [6.07, 6.45) is 1.59. The topological polar surface area (TPSA) is 95.9 Å². The minimum absolute atomic E-state index is 0.149. The van der Waals surface area contributed by atoms with E-state index in [4.69, 9.17) is 22.1 Å². The molecule has 2 N–H and O–H groups in total. The number of hydrazine groups is 1. The second-order valence-electron chi connectivity index (χ2n) is 5.61. The predicted molar refractivity (Wildman–Crippen MR) is 109 cm³/mol. The summed E-state index contributed by atoms with van der Waals surface area (Å²) in [5, 5.41) is 9.95. The Bertz CT molecular complexity index is 984. The minimum atomic E-state index is -1.03. The van der Waals surface area contributed by atoms with Gasteiger partial charge in [0.2, 0.25) is 0 Å². The molecule has 0 aliphatic carbocycles. The summed E-state index contributed by atoms with van der Waals surface area (Å²) in [4.78, 5) is 36.2. The second kappa shape index (κ2) is 8.24. The van der Waals surface area contributed by atoms with Crippen molar-refractivity contribution in [1.29, 1.82) is 0 Å². The van der Waals surface area contributed by atoms with Gasteiger partial charge in [0.05, 0.1) is 17.6 Å². The van der Waals surface area contributed by atoms with Gasteiger partial charge in [-0.3, -0.25) is 15.0 Å². The predicted octanol–water partition coefficient (Wildman–Crippen LogP) is 2.94. The highest BCUT2D eigenvalue weighted by Crippen LogP contribution is 2.31. The maximum atomic E-state index is 12.6. The lowest BCUT2D eigenvalue weighted by Gasteiger charge is -2.15. The normalized spacial score (nSPS) is 15.0. The lowest BCUT2D eigenvalue weighted by molar-refractivity contribution is -0.123. The first-order chi connectivity index (χ1) is 13.4. The molecule has 0 bridgehead atoms. The molecule has 9 heteroatoms. The van der Waals surface area contributed by atoms with Crippen LogP contribution in [-0.2, 0) is 4.79 Å². The Kier molecular flexibility index (Phi) is 5.76. The maximum Gasteiger partial charge on any atom is 0.335 e. The molecule has 0 spiro atoms. The zero-order valence-electron chi connectivity index (χ0n) is 14.5. The van der Waals surface area contributed by atoms with Crippen LogP contribution in [0.3, 0.4) is 0 Å². The van der Waals surface area contributed by atoms with Gasteiger partial charge in [-0.1, -0.05) is 23.9 Å². The number of hydrogen-bond acceptors (Lipinski definition) is 6. The molecule has 142 valence electrons. The van der Waals surface area contributed by atoms with E-state index >= 15 is 0 Å². The van der Waals surface area contributed by atoms with Crippen molar-refractivity contribution in [2.75, 3.05) is 7.11 Å². The van der Waals surface area contributed by atoms with E-state index in [0.29, 0.717) is 21.8 Å². The number of carboxylic acids is 1. The molecule has 7 nitrogen and oxygen atoms in total. The van der Waals surface area contributed by atoms with Gasteiger partial charge in [-0.2, -0.15) is 5.01 Å². The molecule has 1 aliphatic rings. The molecule has 0 aromatic heterocycles. The fourth-order valence-electron chi connectivity index (χ4n) is 2.35. The second-order valence-corrected chi connectivity index (χ2v) is 7.29. The van der Waals surface area contributed by atoms with Crippen LogP contribution in [0.25, 0.3) is 6.08 Å². The van der Waals surface area contributed by atoms with Gasteiger partial charge in [-0.25, -0.2) is 4.79 Å². The number of thiocarbonyl (C=S) groups is 1. The number of rotatable bonds is 5. The molecule has 2 aromatic carbocycles. The van der Waals surface area contributed by atoms with Crippen molar-refractivity contribution >= 4 is 52.2 Å². The first-order valence-corrected chi connectivity index (χ1v) is 9.18. The molecule has 1 heterocycles. The van der Waals surface area contributed by atoms with E-state index in [1.165, 1.54) is 19.2 Å². The highest BCUT2D eigenvalue weighted by atomic mass is 32.2. The number of carbonyl (C=O) groups is 3. The molecular weight excluding hydrogens is 400 g/mol. The summed E-state index contributed by atoms with van der Waals surface area (Å²) in [7, 11) is 1.52. The van der Waals surface area contributed by atoms with Gasteiger partial charge in [0.1, 0.15) is 5.75 Å². The summed E-state index contributed by atoms with van der Waals surface area (Å²) in [6, 6.07) is 12.5. The first-order valence-electron chi connectivity index (χ1n) is 7.95. The van der Waals surface area contributed by atoms with Gasteiger partial charge in [0, 0.05) is 5.56 Å². The number of carboxylic acid groups (broad SMARTS) is 1. The molecule has 2 amide bonds. The number of methoxy groups -OCH3 is 1. The molecule has 28 heavy (non-hydrogen) atoms. The molecular formula is C19H14N2O5S2. The number of amides is 2.